The summed E-state index contributed by atoms with van der Waals surface area (Å²) in [6.45, 7) is 7.09. The molecule has 3 aliphatic rings. The monoisotopic (exact) mass is 1330 g/mol. The molecule has 5 aromatic carbocycles. The van der Waals surface area contributed by atoms with Crippen molar-refractivity contribution in [3.8, 4) is 34.3 Å². The lowest BCUT2D eigenvalue weighted by Gasteiger charge is -2.47. The summed E-state index contributed by atoms with van der Waals surface area (Å²) in [6.07, 6.45) is -25.2. The van der Waals surface area contributed by atoms with Gasteiger partial charge in [0.2, 0.25) is 17.5 Å². The summed E-state index contributed by atoms with van der Waals surface area (Å²) >= 11 is 0. The van der Waals surface area contributed by atoms with E-state index in [0.29, 0.717) is 0 Å². The van der Waals surface area contributed by atoms with Crippen LogP contribution in [-0.4, -0.2) is 163 Å². The van der Waals surface area contributed by atoms with E-state index in [1.165, 1.54) is 61.5 Å². The van der Waals surface area contributed by atoms with Crippen molar-refractivity contribution in [2.24, 2.45) is 0 Å². The molecule has 506 valence electrons. The molecule has 3 fully saturated rings. The molecule has 14 atom stereocenters. The van der Waals surface area contributed by atoms with Crippen LogP contribution in [-0.2, 0) is 90.4 Å². The highest BCUT2D eigenvalue weighted by atomic mass is 16.8. The SMILES string of the molecule is CC(=O)OC[C@H]1O[C@@H](c2cc(OC(C)=O)c3c(=O)c(O[C@@H]4OC[C@H](OC(C)=O)[C@H](OC(C)=O)[C@H]4O[C@@H]4O[C@@H](C)[C@H](OC(=O)c5ccccc5)[C@@H](OC(=O)c5ccccc5)[C@H]4OC(=O)c4ccccc4)c(-c4ccc(O)c(OC(C)=O)c4)oc3c2)[C@H](OC(C)=O)[C@@H](OC(C)=O)[C@@H]1O. The fourth-order valence-corrected chi connectivity index (χ4v) is 10.8. The average molecular weight is 1330 g/mol. The first kappa shape index (κ1) is 69.7. The number of ether oxygens (including phenoxy) is 15. The third-order valence-corrected chi connectivity index (χ3v) is 14.7. The van der Waals surface area contributed by atoms with Gasteiger partial charge in [-0.1, -0.05) is 54.6 Å². The van der Waals surface area contributed by atoms with Crippen molar-refractivity contribution in [1.82, 2.24) is 0 Å². The van der Waals surface area contributed by atoms with Gasteiger partial charge in [0.05, 0.1) is 29.4 Å². The summed E-state index contributed by atoms with van der Waals surface area (Å²) in [6, 6.07) is 28.1. The van der Waals surface area contributed by atoms with Gasteiger partial charge in [0.1, 0.15) is 41.6 Å². The van der Waals surface area contributed by atoms with Crippen LogP contribution in [0.2, 0.25) is 0 Å². The first-order valence-electron chi connectivity index (χ1n) is 29.6. The number of rotatable bonds is 20. The number of benzene rings is 5. The third kappa shape index (κ3) is 16.7. The van der Waals surface area contributed by atoms with Crippen LogP contribution in [0.4, 0.5) is 0 Å². The molecule has 0 radical (unpaired) electrons. The van der Waals surface area contributed by atoms with Crippen LogP contribution >= 0.6 is 0 Å². The van der Waals surface area contributed by atoms with Crippen LogP contribution in [0.1, 0.15) is 98.1 Å². The van der Waals surface area contributed by atoms with Gasteiger partial charge < -0.3 is 85.7 Å². The van der Waals surface area contributed by atoms with Crippen molar-refractivity contribution in [2.45, 2.75) is 141 Å². The Morgan fingerprint density at radius 3 is 1.57 bits per heavy atom. The van der Waals surface area contributed by atoms with Crippen molar-refractivity contribution < 1.29 is 134 Å². The second-order valence-electron chi connectivity index (χ2n) is 21.9. The van der Waals surface area contributed by atoms with E-state index in [1.807, 2.05) is 0 Å². The van der Waals surface area contributed by atoms with Crippen LogP contribution < -0.4 is 19.6 Å². The number of fused-ring (bicyclic) bond motifs is 1. The van der Waals surface area contributed by atoms with Crippen LogP contribution in [0, 0.1) is 0 Å². The Kier molecular flexibility index (Phi) is 22.3. The first-order chi connectivity index (χ1) is 45.7. The van der Waals surface area contributed by atoms with E-state index in [4.69, 9.17) is 75.5 Å². The molecule has 29 nitrogen and oxygen atoms in total. The maximum atomic E-state index is 15.9. The van der Waals surface area contributed by atoms with E-state index < -0.39 is 204 Å². The predicted octanol–water partition coefficient (Wildman–Crippen LogP) is 5.65. The number of aliphatic hydroxyl groups is 1. The van der Waals surface area contributed by atoms with E-state index >= 15 is 4.79 Å². The molecule has 0 amide bonds. The first-order valence-corrected chi connectivity index (χ1v) is 29.6. The number of carbonyl (C=O) groups is 10. The number of hydrogen-bond acceptors (Lipinski definition) is 29. The number of carbonyl (C=O) groups excluding carboxylic acids is 10. The Hall–Kier alpha value is -10.6. The van der Waals surface area contributed by atoms with Crippen LogP contribution in [0.5, 0.6) is 23.0 Å². The Balaban J connectivity index is 1.24. The highest BCUT2D eigenvalue weighted by Gasteiger charge is 2.57. The van der Waals surface area contributed by atoms with Gasteiger partial charge in [0.15, 0.2) is 72.4 Å². The minimum atomic E-state index is -2.15. The molecule has 4 heterocycles. The number of phenols is 1. The Morgan fingerprint density at radius 2 is 1.03 bits per heavy atom. The molecule has 0 unspecified atom stereocenters. The smallest absolute Gasteiger partial charge is 0.338 e. The molecule has 0 bridgehead atoms. The molecule has 29 heteroatoms. The summed E-state index contributed by atoms with van der Waals surface area (Å²) in [7, 11) is 0. The molecular weight excluding hydrogens is 1270 g/mol. The van der Waals surface area contributed by atoms with Crippen molar-refractivity contribution in [3.63, 3.8) is 0 Å². The second kappa shape index (κ2) is 30.7. The maximum absolute atomic E-state index is 15.9. The molecule has 3 saturated heterocycles. The van der Waals surface area contributed by atoms with Crippen LogP contribution in [0.3, 0.4) is 0 Å². The van der Waals surface area contributed by atoms with Gasteiger partial charge in [0, 0.05) is 54.0 Å². The molecule has 3 aliphatic heterocycles. The summed E-state index contributed by atoms with van der Waals surface area (Å²) < 4.78 is 96.2. The van der Waals surface area contributed by atoms with Crippen molar-refractivity contribution >= 4 is 70.7 Å². The van der Waals surface area contributed by atoms with Gasteiger partial charge >= 0.3 is 59.7 Å². The fraction of sp³-hybridized carbons (Fsp3) is 0.358. The molecule has 2 N–H and O–H groups in total. The number of phenolic OH excluding ortho intramolecular Hbond substituents is 1. The van der Waals surface area contributed by atoms with Gasteiger partial charge in [0.25, 0.3) is 0 Å². The highest BCUT2D eigenvalue weighted by Crippen LogP contribution is 2.44. The lowest BCUT2D eigenvalue weighted by Crippen LogP contribution is -2.65. The summed E-state index contributed by atoms with van der Waals surface area (Å²) in [5.41, 5.74) is -2.17. The molecule has 96 heavy (non-hydrogen) atoms. The van der Waals surface area contributed by atoms with Gasteiger partial charge in [-0.2, -0.15) is 0 Å². The lowest BCUT2D eigenvalue weighted by atomic mass is 9.90. The van der Waals surface area contributed by atoms with Crippen LogP contribution in [0.25, 0.3) is 22.3 Å². The van der Waals surface area contributed by atoms with E-state index in [-0.39, 0.29) is 27.8 Å². The van der Waals surface area contributed by atoms with Gasteiger partial charge in [-0.05, 0) is 79.2 Å². The molecule has 9 rings (SSSR count). The summed E-state index contributed by atoms with van der Waals surface area (Å²) in [4.78, 5) is 148. The Labute approximate surface area is 545 Å². The molecule has 0 spiro atoms. The normalized spacial score (nSPS) is 24.5. The number of hydrogen-bond donors (Lipinski definition) is 2. The average Bonchev–Trinajstić information content (AvgIpc) is 0.749. The largest absolute Gasteiger partial charge is 0.504 e. The van der Waals surface area contributed by atoms with E-state index in [0.717, 1.165) is 72.7 Å². The van der Waals surface area contributed by atoms with Gasteiger partial charge in [-0.25, -0.2) is 14.4 Å². The van der Waals surface area contributed by atoms with Crippen molar-refractivity contribution in [1.29, 1.82) is 0 Å². The summed E-state index contributed by atoms with van der Waals surface area (Å²) in [5, 5.41) is 21.9. The molecular formula is C67H64O29. The van der Waals surface area contributed by atoms with Crippen molar-refractivity contribution in [2.75, 3.05) is 13.2 Å². The zero-order chi connectivity index (χ0) is 69.2. The minimum Gasteiger partial charge on any atom is -0.504 e. The zero-order valence-corrected chi connectivity index (χ0v) is 52.5. The van der Waals surface area contributed by atoms with E-state index in [2.05, 4.69) is 0 Å². The van der Waals surface area contributed by atoms with Gasteiger partial charge in [-0.3, -0.25) is 38.4 Å². The molecule has 6 aromatic rings. The second-order valence-corrected chi connectivity index (χ2v) is 21.9. The molecule has 0 saturated carbocycles. The number of esters is 10. The fourth-order valence-electron chi connectivity index (χ4n) is 10.8. The number of aromatic hydroxyl groups is 1. The molecule has 0 aliphatic carbocycles. The van der Waals surface area contributed by atoms with Gasteiger partial charge in [-0.15, -0.1) is 0 Å². The number of aliphatic hydroxyl groups excluding tert-OH is 1. The Morgan fingerprint density at radius 1 is 0.510 bits per heavy atom. The maximum Gasteiger partial charge on any atom is 0.338 e. The Bertz CT molecular complexity index is 3960. The topological polar surface area (TPSA) is 380 Å². The zero-order valence-electron chi connectivity index (χ0n) is 52.5. The minimum absolute atomic E-state index is 0.0125. The van der Waals surface area contributed by atoms with E-state index in [9.17, 15) is 58.2 Å². The molecule has 1 aromatic heterocycles. The van der Waals surface area contributed by atoms with E-state index in [1.54, 1.807) is 42.5 Å². The van der Waals surface area contributed by atoms with Crippen LogP contribution in [0.15, 0.2) is 131 Å². The lowest BCUT2D eigenvalue weighted by molar-refractivity contribution is -0.343. The third-order valence-electron chi connectivity index (χ3n) is 14.7. The standard InChI is InChI=1S/C67H64O29/c1-31-53(92-63(78)39-18-12-9-13-19-39)59(93-64(79)40-20-14-10-15-21-40)62(94-65(80)41-22-16-11-17-23-41)67(83-31)96-61-56(87-36(6)72)49(86-35(5)71)30-82-66(61)95-58-52(77)50-46(85-34(4)70)27-43(28-47(50)90-54(58)42-24-25-44(75)45(26-42)84-33(3)69)55-60(89-38(8)74)57(88-37(7)73)51(76)48(91-55)29-81-32(2)68/h9-28,31,48-49,51,53,55-57,59-62,66-67,75-76H,29-30H2,1-8H3/t31-,48+,49-,51+,53-,55-,56-,57-,59+,60-,61+,62+,66-,67-/m0/s1. The quantitative estimate of drug-likeness (QED) is 0.0529. The highest BCUT2D eigenvalue weighted by molar-refractivity contribution is 5.92. The van der Waals surface area contributed by atoms with Crippen molar-refractivity contribution in [3.05, 3.63) is 154 Å². The predicted molar refractivity (Wildman–Crippen MR) is 321 cm³/mol. The summed E-state index contributed by atoms with van der Waals surface area (Å²) in [5.74, 6) is -13.0.